The quantitative estimate of drug-likeness (QED) is 0.867. The summed E-state index contributed by atoms with van der Waals surface area (Å²) in [5, 5.41) is 5.75. The molecular weight excluding hydrogens is 328 g/mol. The third-order valence-electron chi connectivity index (χ3n) is 7.47. The molecule has 4 bridgehead atoms. The van der Waals surface area contributed by atoms with Crippen LogP contribution in [0.2, 0.25) is 0 Å². The molecule has 5 fully saturated rings. The SMILES string of the molecule is C[C@H](C(=O)NC12CC3CC(CC(C3)C1)C2)N1CCC[C@H]1c1cccs1. The fourth-order valence-corrected chi connectivity index (χ4v) is 7.70. The highest BCUT2D eigenvalue weighted by atomic mass is 32.1. The lowest BCUT2D eigenvalue weighted by atomic mass is 9.53. The minimum absolute atomic E-state index is 0.0115. The summed E-state index contributed by atoms with van der Waals surface area (Å²) in [6.45, 7) is 3.18. The van der Waals surface area contributed by atoms with Crippen molar-refractivity contribution in [3.63, 3.8) is 0 Å². The molecule has 5 aliphatic rings. The molecular formula is C21H30N2OS. The van der Waals surface area contributed by atoms with Crippen molar-refractivity contribution in [3.8, 4) is 0 Å². The summed E-state index contributed by atoms with van der Waals surface area (Å²) in [7, 11) is 0. The van der Waals surface area contributed by atoms with Crippen LogP contribution in [0.25, 0.3) is 0 Å². The lowest BCUT2D eigenvalue weighted by molar-refractivity contribution is -0.132. The lowest BCUT2D eigenvalue weighted by Gasteiger charge is -2.57. The van der Waals surface area contributed by atoms with Gasteiger partial charge >= 0.3 is 0 Å². The Morgan fingerprint density at radius 1 is 1.24 bits per heavy atom. The van der Waals surface area contributed by atoms with E-state index in [0.29, 0.717) is 6.04 Å². The Balaban J connectivity index is 1.29. The first kappa shape index (κ1) is 16.3. The minimum Gasteiger partial charge on any atom is -0.349 e. The molecule has 0 aromatic carbocycles. The highest BCUT2D eigenvalue weighted by Gasteiger charge is 2.52. The largest absolute Gasteiger partial charge is 0.349 e. The van der Waals surface area contributed by atoms with Gasteiger partial charge in [0.05, 0.1) is 6.04 Å². The number of hydrogen-bond donors (Lipinski definition) is 1. The number of amides is 1. The smallest absolute Gasteiger partial charge is 0.237 e. The first-order chi connectivity index (χ1) is 12.1. The summed E-state index contributed by atoms with van der Waals surface area (Å²) < 4.78 is 0. The van der Waals surface area contributed by atoms with Crippen LogP contribution in [0, 0.1) is 17.8 Å². The van der Waals surface area contributed by atoms with Crippen molar-refractivity contribution < 1.29 is 4.79 Å². The summed E-state index contributed by atoms with van der Waals surface area (Å²) in [5.74, 6) is 2.93. The number of nitrogens with one attached hydrogen (secondary N) is 1. The number of carbonyl (C=O) groups excluding carboxylic acids is 1. The zero-order chi connectivity index (χ0) is 17.0. The highest BCUT2D eigenvalue weighted by Crippen LogP contribution is 2.55. The van der Waals surface area contributed by atoms with Crippen molar-refractivity contribution in [2.45, 2.75) is 75.9 Å². The Hall–Kier alpha value is -0.870. The zero-order valence-corrected chi connectivity index (χ0v) is 16.1. The van der Waals surface area contributed by atoms with Crippen molar-refractivity contribution in [1.29, 1.82) is 0 Å². The molecule has 6 rings (SSSR count). The lowest BCUT2D eigenvalue weighted by Crippen LogP contribution is -2.62. The molecule has 4 aliphatic carbocycles. The molecule has 2 heterocycles. The van der Waals surface area contributed by atoms with E-state index in [1.807, 2.05) is 11.3 Å². The van der Waals surface area contributed by atoms with Gasteiger partial charge in [0, 0.05) is 16.5 Å². The fraction of sp³-hybridized carbons (Fsp3) is 0.762. The van der Waals surface area contributed by atoms with Crippen molar-refractivity contribution in [2.24, 2.45) is 17.8 Å². The number of rotatable bonds is 4. The van der Waals surface area contributed by atoms with Gasteiger partial charge in [-0.2, -0.15) is 0 Å². The van der Waals surface area contributed by atoms with Gasteiger partial charge < -0.3 is 5.32 Å². The molecule has 25 heavy (non-hydrogen) atoms. The molecule has 1 aliphatic heterocycles. The molecule has 4 saturated carbocycles. The molecule has 1 aromatic heterocycles. The van der Waals surface area contributed by atoms with E-state index < -0.39 is 0 Å². The predicted octanol–water partition coefficient (Wildman–Crippen LogP) is 4.36. The van der Waals surface area contributed by atoms with Crippen molar-refractivity contribution in [1.82, 2.24) is 10.2 Å². The van der Waals surface area contributed by atoms with Gasteiger partial charge in [0.15, 0.2) is 0 Å². The standard InChI is InChI=1S/C21H30N2OS/c1-14(23-6-2-4-18(23)19-5-3-7-25-19)20(24)22-21-11-15-8-16(12-21)10-17(9-15)13-21/h3,5,7,14-18H,2,4,6,8-13H2,1H3,(H,22,24)/t14-,15?,16?,17?,18+,21?/m1/s1. The molecule has 0 radical (unpaired) electrons. The Morgan fingerprint density at radius 3 is 2.52 bits per heavy atom. The second kappa shape index (κ2) is 6.09. The van der Waals surface area contributed by atoms with Gasteiger partial charge in [-0.25, -0.2) is 0 Å². The van der Waals surface area contributed by atoms with E-state index in [2.05, 4.69) is 34.7 Å². The van der Waals surface area contributed by atoms with Gasteiger partial charge in [-0.15, -0.1) is 11.3 Å². The van der Waals surface area contributed by atoms with Gasteiger partial charge in [0.25, 0.3) is 0 Å². The summed E-state index contributed by atoms with van der Waals surface area (Å²) in [5.41, 5.74) is 0.137. The van der Waals surface area contributed by atoms with Gasteiger partial charge in [0.1, 0.15) is 0 Å². The molecule has 1 saturated heterocycles. The number of carbonyl (C=O) groups is 1. The van der Waals surface area contributed by atoms with E-state index in [4.69, 9.17) is 0 Å². The molecule has 136 valence electrons. The van der Waals surface area contributed by atoms with Crippen LogP contribution in [-0.2, 0) is 4.79 Å². The number of thiophene rings is 1. The maximum atomic E-state index is 13.2. The second-order valence-corrected chi connectivity index (χ2v) is 10.3. The van der Waals surface area contributed by atoms with E-state index in [0.717, 1.165) is 24.3 Å². The summed E-state index contributed by atoms with van der Waals surface area (Å²) in [4.78, 5) is 17.0. The minimum atomic E-state index is -0.0115. The first-order valence-corrected chi connectivity index (χ1v) is 11.1. The van der Waals surface area contributed by atoms with Crippen LogP contribution in [0.3, 0.4) is 0 Å². The average Bonchev–Trinajstić information content (AvgIpc) is 3.23. The van der Waals surface area contributed by atoms with E-state index in [9.17, 15) is 4.79 Å². The van der Waals surface area contributed by atoms with Crippen LogP contribution in [0.1, 0.15) is 69.2 Å². The molecule has 1 amide bonds. The van der Waals surface area contributed by atoms with Crippen LogP contribution in [0.4, 0.5) is 0 Å². The first-order valence-electron chi connectivity index (χ1n) is 10.2. The van der Waals surface area contributed by atoms with Crippen molar-refractivity contribution in [2.75, 3.05) is 6.54 Å². The molecule has 1 aromatic rings. The van der Waals surface area contributed by atoms with Crippen LogP contribution in [-0.4, -0.2) is 28.9 Å². The van der Waals surface area contributed by atoms with Crippen molar-refractivity contribution >= 4 is 17.2 Å². The van der Waals surface area contributed by atoms with Crippen molar-refractivity contribution in [3.05, 3.63) is 22.4 Å². The van der Waals surface area contributed by atoms with E-state index >= 15 is 0 Å². The van der Waals surface area contributed by atoms with Crippen LogP contribution < -0.4 is 5.32 Å². The highest BCUT2D eigenvalue weighted by molar-refractivity contribution is 7.10. The summed E-state index contributed by atoms with van der Waals surface area (Å²) in [6, 6.07) is 4.80. The Bertz CT molecular complexity index is 605. The zero-order valence-electron chi connectivity index (χ0n) is 15.2. The second-order valence-electron chi connectivity index (χ2n) is 9.27. The normalized spacial score (nSPS) is 41.2. The van der Waals surface area contributed by atoms with E-state index in [1.165, 1.54) is 56.2 Å². The third-order valence-corrected chi connectivity index (χ3v) is 8.44. The number of hydrogen-bond acceptors (Lipinski definition) is 3. The van der Waals surface area contributed by atoms with Crippen LogP contribution in [0.15, 0.2) is 17.5 Å². The predicted molar refractivity (Wildman–Crippen MR) is 102 cm³/mol. The van der Waals surface area contributed by atoms with Gasteiger partial charge in [-0.1, -0.05) is 6.07 Å². The Morgan fingerprint density at radius 2 is 1.92 bits per heavy atom. The van der Waals surface area contributed by atoms with Gasteiger partial charge in [-0.05, 0) is 94.0 Å². The third kappa shape index (κ3) is 2.86. The number of nitrogens with zero attached hydrogens (tertiary/aromatic N) is 1. The van der Waals surface area contributed by atoms with E-state index in [1.54, 1.807) is 0 Å². The number of likely N-dealkylation sites (tertiary alicyclic amines) is 1. The summed E-state index contributed by atoms with van der Waals surface area (Å²) >= 11 is 1.83. The molecule has 0 unspecified atom stereocenters. The maximum Gasteiger partial charge on any atom is 0.237 e. The molecule has 3 nitrogen and oxygen atoms in total. The molecule has 0 spiro atoms. The topological polar surface area (TPSA) is 32.3 Å². The maximum absolute atomic E-state index is 13.2. The Kier molecular flexibility index (Phi) is 3.97. The Labute approximate surface area is 155 Å². The fourth-order valence-electron chi connectivity index (χ4n) is 6.82. The molecule has 2 atom stereocenters. The molecule has 1 N–H and O–H groups in total. The van der Waals surface area contributed by atoms with Crippen LogP contribution >= 0.6 is 11.3 Å². The van der Waals surface area contributed by atoms with Gasteiger partial charge in [0.2, 0.25) is 5.91 Å². The summed E-state index contributed by atoms with van der Waals surface area (Å²) in [6.07, 6.45) is 10.4. The van der Waals surface area contributed by atoms with Gasteiger partial charge in [-0.3, -0.25) is 9.69 Å². The monoisotopic (exact) mass is 358 g/mol. The van der Waals surface area contributed by atoms with Crippen LogP contribution in [0.5, 0.6) is 0 Å². The average molecular weight is 359 g/mol. The van der Waals surface area contributed by atoms with E-state index in [-0.39, 0.29) is 17.5 Å². The molecule has 4 heteroatoms.